The number of carbonyl (C=O) groups is 1. The number of carbonyl (C=O) groups excluding carboxylic acids is 1. The van der Waals surface area contributed by atoms with Crippen molar-refractivity contribution >= 4 is 5.91 Å². The van der Waals surface area contributed by atoms with Crippen LogP contribution in [0.3, 0.4) is 0 Å². The standard InChI is InChI=1S/C11H18N4O/c1-7-9(5-13-8(2)15-7)10(16)14-6-11(3,4)12/h5H,6,12H2,1-4H3,(H,14,16). The highest BCUT2D eigenvalue weighted by atomic mass is 16.1. The van der Waals surface area contributed by atoms with E-state index >= 15 is 0 Å². The highest BCUT2D eigenvalue weighted by molar-refractivity contribution is 5.94. The monoisotopic (exact) mass is 222 g/mol. The Hall–Kier alpha value is -1.49. The van der Waals surface area contributed by atoms with Crippen LogP contribution >= 0.6 is 0 Å². The summed E-state index contributed by atoms with van der Waals surface area (Å²) in [7, 11) is 0. The van der Waals surface area contributed by atoms with Crippen molar-refractivity contribution in [3.63, 3.8) is 0 Å². The fourth-order valence-corrected chi connectivity index (χ4v) is 1.21. The molecule has 88 valence electrons. The summed E-state index contributed by atoms with van der Waals surface area (Å²) in [6.45, 7) is 7.70. The number of aryl methyl sites for hydroxylation is 2. The molecule has 0 aliphatic carbocycles. The largest absolute Gasteiger partial charge is 0.350 e. The Morgan fingerprint density at radius 3 is 2.62 bits per heavy atom. The third-order valence-corrected chi connectivity index (χ3v) is 2.05. The topological polar surface area (TPSA) is 80.9 Å². The van der Waals surface area contributed by atoms with Gasteiger partial charge in [0.15, 0.2) is 0 Å². The summed E-state index contributed by atoms with van der Waals surface area (Å²) < 4.78 is 0. The molecule has 0 saturated carbocycles. The molecule has 0 spiro atoms. The van der Waals surface area contributed by atoms with Gasteiger partial charge in [0, 0.05) is 18.3 Å². The van der Waals surface area contributed by atoms with Gasteiger partial charge in [0.05, 0.1) is 11.3 Å². The predicted molar refractivity (Wildman–Crippen MR) is 62.1 cm³/mol. The third-order valence-electron chi connectivity index (χ3n) is 2.05. The lowest BCUT2D eigenvalue weighted by Gasteiger charge is -2.19. The summed E-state index contributed by atoms with van der Waals surface area (Å²) in [5.41, 5.74) is 6.53. The van der Waals surface area contributed by atoms with Crippen molar-refractivity contribution in [1.82, 2.24) is 15.3 Å². The first-order valence-corrected chi connectivity index (χ1v) is 5.17. The molecule has 0 fully saturated rings. The van der Waals surface area contributed by atoms with E-state index in [0.717, 1.165) is 0 Å². The number of aromatic nitrogens is 2. The van der Waals surface area contributed by atoms with Gasteiger partial charge in [-0.2, -0.15) is 0 Å². The number of nitrogens with zero attached hydrogens (tertiary/aromatic N) is 2. The molecule has 1 aromatic heterocycles. The van der Waals surface area contributed by atoms with Gasteiger partial charge >= 0.3 is 0 Å². The number of hydrogen-bond acceptors (Lipinski definition) is 4. The lowest BCUT2D eigenvalue weighted by Crippen LogP contribution is -2.45. The maximum Gasteiger partial charge on any atom is 0.254 e. The predicted octanol–water partition coefficient (Wildman–Crippen LogP) is 0.561. The normalized spacial score (nSPS) is 11.3. The molecule has 3 N–H and O–H groups in total. The third kappa shape index (κ3) is 3.58. The van der Waals surface area contributed by atoms with Crippen molar-refractivity contribution < 1.29 is 4.79 Å². The molecule has 1 heterocycles. The number of nitrogens with two attached hydrogens (primary N) is 1. The molecule has 1 aromatic rings. The van der Waals surface area contributed by atoms with Crippen LogP contribution in [0, 0.1) is 13.8 Å². The van der Waals surface area contributed by atoms with Gasteiger partial charge in [-0.3, -0.25) is 4.79 Å². The molecule has 0 bridgehead atoms. The Morgan fingerprint density at radius 1 is 1.50 bits per heavy atom. The molecule has 0 saturated heterocycles. The van der Waals surface area contributed by atoms with Gasteiger partial charge < -0.3 is 11.1 Å². The second-order valence-corrected chi connectivity index (χ2v) is 4.59. The van der Waals surface area contributed by atoms with E-state index in [1.54, 1.807) is 13.8 Å². The first kappa shape index (κ1) is 12.6. The Bertz CT molecular complexity index is 395. The van der Waals surface area contributed by atoms with Gasteiger partial charge in [-0.15, -0.1) is 0 Å². The molecular weight excluding hydrogens is 204 g/mol. The van der Waals surface area contributed by atoms with Gasteiger partial charge in [0.25, 0.3) is 5.91 Å². The highest BCUT2D eigenvalue weighted by Crippen LogP contribution is 2.04. The minimum Gasteiger partial charge on any atom is -0.350 e. The Labute approximate surface area is 95.5 Å². The van der Waals surface area contributed by atoms with Crippen molar-refractivity contribution in [1.29, 1.82) is 0 Å². The lowest BCUT2D eigenvalue weighted by molar-refractivity contribution is 0.0944. The van der Waals surface area contributed by atoms with Crippen LogP contribution in [0.1, 0.15) is 35.7 Å². The van der Waals surface area contributed by atoms with Crippen molar-refractivity contribution in [2.45, 2.75) is 33.2 Å². The van der Waals surface area contributed by atoms with Gasteiger partial charge in [-0.05, 0) is 27.7 Å². The van der Waals surface area contributed by atoms with Crippen molar-refractivity contribution in [3.05, 3.63) is 23.3 Å². The summed E-state index contributed by atoms with van der Waals surface area (Å²) in [4.78, 5) is 19.9. The SMILES string of the molecule is Cc1ncc(C(=O)NCC(C)(C)N)c(C)n1. The second-order valence-electron chi connectivity index (χ2n) is 4.59. The summed E-state index contributed by atoms with van der Waals surface area (Å²) in [5.74, 6) is 0.476. The van der Waals surface area contributed by atoms with E-state index in [0.29, 0.717) is 23.6 Å². The molecule has 0 aromatic carbocycles. The zero-order chi connectivity index (χ0) is 12.3. The fourth-order valence-electron chi connectivity index (χ4n) is 1.21. The molecule has 1 amide bonds. The number of hydrogen-bond donors (Lipinski definition) is 2. The molecule has 0 atom stereocenters. The van der Waals surface area contributed by atoms with E-state index in [1.165, 1.54) is 6.20 Å². The van der Waals surface area contributed by atoms with Crippen LogP contribution in [0.5, 0.6) is 0 Å². The van der Waals surface area contributed by atoms with Crippen LogP contribution in [0.4, 0.5) is 0 Å². The Balaban J connectivity index is 2.74. The minimum absolute atomic E-state index is 0.184. The van der Waals surface area contributed by atoms with Crippen LogP contribution in [0.25, 0.3) is 0 Å². The molecular formula is C11H18N4O. The zero-order valence-electron chi connectivity index (χ0n) is 10.2. The second kappa shape index (κ2) is 4.57. The smallest absolute Gasteiger partial charge is 0.254 e. The quantitative estimate of drug-likeness (QED) is 0.783. The van der Waals surface area contributed by atoms with E-state index in [2.05, 4.69) is 15.3 Å². The van der Waals surface area contributed by atoms with Crippen LogP contribution in [0.2, 0.25) is 0 Å². The summed E-state index contributed by atoms with van der Waals surface area (Å²) in [6.07, 6.45) is 1.54. The molecule has 5 heteroatoms. The molecule has 0 unspecified atom stereocenters. The van der Waals surface area contributed by atoms with E-state index in [9.17, 15) is 4.79 Å². The van der Waals surface area contributed by atoms with E-state index < -0.39 is 5.54 Å². The molecule has 5 nitrogen and oxygen atoms in total. The molecule has 16 heavy (non-hydrogen) atoms. The maximum atomic E-state index is 11.8. The summed E-state index contributed by atoms with van der Waals surface area (Å²) in [6, 6.07) is 0. The molecule has 0 aliphatic heterocycles. The zero-order valence-corrected chi connectivity index (χ0v) is 10.2. The first-order chi connectivity index (χ1) is 7.29. The number of nitrogens with one attached hydrogen (secondary N) is 1. The van der Waals surface area contributed by atoms with Gasteiger partial charge in [0.2, 0.25) is 0 Å². The average molecular weight is 222 g/mol. The van der Waals surface area contributed by atoms with Gasteiger partial charge in [0.1, 0.15) is 5.82 Å². The van der Waals surface area contributed by atoms with Crippen LogP contribution in [-0.2, 0) is 0 Å². The van der Waals surface area contributed by atoms with E-state index in [4.69, 9.17) is 5.73 Å². The van der Waals surface area contributed by atoms with Crippen molar-refractivity contribution in [2.75, 3.05) is 6.54 Å². The van der Waals surface area contributed by atoms with E-state index in [-0.39, 0.29) is 5.91 Å². The molecule has 1 rings (SSSR count). The molecule has 0 aliphatic rings. The van der Waals surface area contributed by atoms with Crippen molar-refractivity contribution in [3.8, 4) is 0 Å². The average Bonchev–Trinajstić information content (AvgIpc) is 2.13. The molecule has 0 radical (unpaired) electrons. The maximum absolute atomic E-state index is 11.8. The van der Waals surface area contributed by atoms with Crippen LogP contribution in [-0.4, -0.2) is 28.0 Å². The highest BCUT2D eigenvalue weighted by Gasteiger charge is 2.15. The summed E-state index contributed by atoms with van der Waals surface area (Å²) in [5, 5.41) is 2.76. The van der Waals surface area contributed by atoms with Crippen molar-refractivity contribution in [2.24, 2.45) is 5.73 Å². The number of rotatable bonds is 3. The Morgan fingerprint density at radius 2 is 2.12 bits per heavy atom. The van der Waals surface area contributed by atoms with E-state index in [1.807, 2.05) is 13.8 Å². The van der Waals surface area contributed by atoms with Crippen LogP contribution in [0.15, 0.2) is 6.20 Å². The first-order valence-electron chi connectivity index (χ1n) is 5.17. The minimum atomic E-state index is -0.422. The van der Waals surface area contributed by atoms with Gasteiger partial charge in [-0.25, -0.2) is 9.97 Å². The van der Waals surface area contributed by atoms with Crippen LogP contribution < -0.4 is 11.1 Å². The Kier molecular flexibility index (Phi) is 3.59. The van der Waals surface area contributed by atoms with Gasteiger partial charge in [-0.1, -0.05) is 0 Å². The fraction of sp³-hybridized carbons (Fsp3) is 0.545. The number of amides is 1. The lowest BCUT2D eigenvalue weighted by atomic mass is 10.1. The summed E-state index contributed by atoms with van der Waals surface area (Å²) >= 11 is 0.